The van der Waals surface area contributed by atoms with E-state index >= 15 is 0 Å². The van der Waals surface area contributed by atoms with E-state index in [1.165, 1.54) is 10.9 Å². The highest BCUT2D eigenvalue weighted by atomic mass is 35.5. The van der Waals surface area contributed by atoms with Gasteiger partial charge in [0.25, 0.3) is 0 Å². The molecular formula is C19H19ClN2O2S. The maximum Gasteiger partial charge on any atom is 0.244 e. The molecule has 1 aliphatic rings. The predicted octanol–water partition coefficient (Wildman–Crippen LogP) is 4.39. The minimum Gasteiger partial charge on any atom is -0.361 e. The summed E-state index contributed by atoms with van der Waals surface area (Å²) in [4.78, 5) is 3.51. The number of halogens is 1. The number of fused-ring (bicyclic) bond motifs is 1. The summed E-state index contributed by atoms with van der Waals surface area (Å²) in [5, 5.41) is 1.51. The van der Waals surface area contributed by atoms with Gasteiger partial charge < -0.3 is 4.98 Å². The van der Waals surface area contributed by atoms with Crippen molar-refractivity contribution in [2.24, 2.45) is 0 Å². The number of piperidine rings is 1. The Morgan fingerprint density at radius 1 is 1.00 bits per heavy atom. The summed E-state index contributed by atoms with van der Waals surface area (Å²) in [5.74, 6) is 0.369. The average molecular weight is 375 g/mol. The van der Waals surface area contributed by atoms with Crippen molar-refractivity contribution in [1.29, 1.82) is 0 Å². The lowest BCUT2D eigenvalue weighted by Gasteiger charge is -2.31. The van der Waals surface area contributed by atoms with Crippen LogP contribution in [0.1, 0.15) is 24.3 Å². The minimum atomic E-state index is -3.53. The third-order valence-electron chi connectivity index (χ3n) is 4.97. The van der Waals surface area contributed by atoms with Gasteiger partial charge in [0.2, 0.25) is 10.0 Å². The monoisotopic (exact) mass is 374 g/mol. The standard InChI is InChI=1S/C19H19ClN2O2S/c20-17-6-2-4-8-19(17)25(23,24)22-11-9-14(10-12-22)16-13-21-18-7-3-1-5-15(16)18/h1-8,13-14,21H,9-12H2. The third kappa shape index (κ3) is 2.97. The van der Waals surface area contributed by atoms with Gasteiger partial charge in [-0.3, -0.25) is 0 Å². The SMILES string of the molecule is O=S(=O)(c1ccccc1Cl)N1CCC(c2c[nH]c3ccccc23)CC1. The number of hydrogen-bond acceptors (Lipinski definition) is 2. The molecule has 1 aliphatic heterocycles. The number of rotatable bonds is 3. The number of nitrogens with one attached hydrogen (secondary N) is 1. The second kappa shape index (κ2) is 6.48. The molecule has 1 fully saturated rings. The Bertz CT molecular complexity index is 1000. The first kappa shape index (κ1) is 16.6. The fourth-order valence-corrected chi connectivity index (χ4v) is 5.59. The first-order valence-electron chi connectivity index (χ1n) is 8.38. The van der Waals surface area contributed by atoms with Crippen molar-refractivity contribution in [3.63, 3.8) is 0 Å². The average Bonchev–Trinajstić information content (AvgIpc) is 3.06. The van der Waals surface area contributed by atoms with Crippen LogP contribution in [0.5, 0.6) is 0 Å². The van der Waals surface area contributed by atoms with Gasteiger partial charge in [0.05, 0.1) is 5.02 Å². The highest BCUT2D eigenvalue weighted by Gasteiger charge is 2.31. The van der Waals surface area contributed by atoms with Crippen molar-refractivity contribution >= 4 is 32.5 Å². The van der Waals surface area contributed by atoms with Gasteiger partial charge in [0.15, 0.2) is 0 Å². The highest BCUT2D eigenvalue weighted by Crippen LogP contribution is 2.35. The van der Waals surface area contributed by atoms with Crippen LogP contribution in [0.4, 0.5) is 0 Å². The van der Waals surface area contributed by atoms with Gasteiger partial charge in [-0.15, -0.1) is 0 Å². The van der Waals surface area contributed by atoms with Crippen LogP contribution in [-0.4, -0.2) is 30.8 Å². The van der Waals surface area contributed by atoms with Crippen molar-refractivity contribution in [2.45, 2.75) is 23.7 Å². The lowest BCUT2D eigenvalue weighted by Crippen LogP contribution is -2.38. The predicted molar refractivity (Wildman–Crippen MR) is 100 cm³/mol. The van der Waals surface area contributed by atoms with E-state index in [1.54, 1.807) is 28.6 Å². The molecule has 0 spiro atoms. The lowest BCUT2D eigenvalue weighted by atomic mass is 9.90. The number of sulfonamides is 1. The lowest BCUT2D eigenvalue weighted by molar-refractivity contribution is 0.320. The van der Waals surface area contributed by atoms with Gasteiger partial charge in [-0.1, -0.05) is 41.9 Å². The topological polar surface area (TPSA) is 53.2 Å². The van der Waals surface area contributed by atoms with Gasteiger partial charge in [0, 0.05) is 30.2 Å². The molecule has 0 radical (unpaired) electrons. The summed E-state index contributed by atoms with van der Waals surface area (Å²) in [5.41, 5.74) is 2.41. The zero-order chi connectivity index (χ0) is 17.4. The summed E-state index contributed by atoms with van der Waals surface area (Å²) >= 11 is 6.09. The van der Waals surface area contributed by atoms with Gasteiger partial charge >= 0.3 is 0 Å². The molecule has 25 heavy (non-hydrogen) atoms. The Morgan fingerprint density at radius 2 is 1.68 bits per heavy atom. The summed E-state index contributed by atoms with van der Waals surface area (Å²) in [6.45, 7) is 1.02. The van der Waals surface area contributed by atoms with E-state index in [2.05, 4.69) is 23.3 Å². The summed E-state index contributed by atoms with van der Waals surface area (Å²) in [6, 6.07) is 14.9. The van der Waals surface area contributed by atoms with E-state index in [1.807, 2.05) is 12.1 Å². The Hall–Kier alpha value is -1.82. The minimum absolute atomic E-state index is 0.196. The first-order chi connectivity index (χ1) is 12.1. The Labute approximate surface area is 152 Å². The molecule has 2 aromatic carbocycles. The second-order valence-electron chi connectivity index (χ2n) is 6.40. The number of para-hydroxylation sites is 1. The number of H-pyrrole nitrogens is 1. The summed E-state index contributed by atoms with van der Waals surface area (Å²) in [6.07, 6.45) is 3.69. The molecule has 0 amide bonds. The molecule has 3 aromatic rings. The zero-order valence-corrected chi connectivity index (χ0v) is 15.2. The quantitative estimate of drug-likeness (QED) is 0.739. The van der Waals surface area contributed by atoms with E-state index in [-0.39, 0.29) is 9.92 Å². The molecule has 4 nitrogen and oxygen atoms in total. The molecule has 130 valence electrons. The molecule has 0 atom stereocenters. The fraction of sp³-hybridized carbons (Fsp3) is 0.263. The van der Waals surface area contributed by atoms with E-state index in [4.69, 9.17) is 11.6 Å². The van der Waals surface area contributed by atoms with Gasteiger partial charge in [0.1, 0.15) is 4.90 Å². The second-order valence-corrected chi connectivity index (χ2v) is 8.71. The number of hydrogen-bond donors (Lipinski definition) is 1. The number of benzene rings is 2. The van der Waals surface area contributed by atoms with Crippen LogP contribution in [0.25, 0.3) is 10.9 Å². The molecule has 1 aromatic heterocycles. The van der Waals surface area contributed by atoms with E-state index in [0.29, 0.717) is 19.0 Å². The van der Waals surface area contributed by atoms with Crippen molar-refractivity contribution < 1.29 is 8.42 Å². The maximum absolute atomic E-state index is 12.8. The maximum atomic E-state index is 12.8. The smallest absolute Gasteiger partial charge is 0.244 e. The van der Waals surface area contributed by atoms with Crippen molar-refractivity contribution in [3.8, 4) is 0 Å². The first-order valence-corrected chi connectivity index (χ1v) is 10.2. The number of aromatic amines is 1. The van der Waals surface area contributed by atoms with Gasteiger partial charge in [-0.2, -0.15) is 4.31 Å². The van der Waals surface area contributed by atoms with Gasteiger partial charge in [-0.25, -0.2) is 8.42 Å². The molecule has 0 bridgehead atoms. The van der Waals surface area contributed by atoms with E-state index in [0.717, 1.165) is 18.4 Å². The number of nitrogens with zero attached hydrogens (tertiary/aromatic N) is 1. The van der Waals surface area contributed by atoms with E-state index < -0.39 is 10.0 Å². The van der Waals surface area contributed by atoms with Crippen LogP contribution >= 0.6 is 11.6 Å². The Balaban J connectivity index is 1.55. The van der Waals surface area contributed by atoms with Crippen LogP contribution in [0.15, 0.2) is 59.6 Å². The molecule has 2 heterocycles. The van der Waals surface area contributed by atoms with Crippen molar-refractivity contribution in [1.82, 2.24) is 9.29 Å². The highest BCUT2D eigenvalue weighted by molar-refractivity contribution is 7.89. The van der Waals surface area contributed by atoms with Crippen LogP contribution in [0.3, 0.4) is 0 Å². The molecule has 0 aliphatic carbocycles. The molecule has 1 saturated heterocycles. The molecule has 0 saturated carbocycles. The normalized spacial score (nSPS) is 17.2. The van der Waals surface area contributed by atoms with Crippen molar-refractivity contribution in [3.05, 3.63) is 65.3 Å². The molecule has 4 rings (SSSR count). The van der Waals surface area contributed by atoms with Crippen LogP contribution in [0, 0.1) is 0 Å². The van der Waals surface area contributed by atoms with Crippen LogP contribution in [0.2, 0.25) is 5.02 Å². The molecule has 1 N–H and O–H groups in total. The molecule has 6 heteroatoms. The Morgan fingerprint density at radius 3 is 2.44 bits per heavy atom. The van der Waals surface area contributed by atoms with Crippen molar-refractivity contribution in [2.75, 3.05) is 13.1 Å². The largest absolute Gasteiger partial charge is 0.361 e. The molecular weight excluding hydrogens is 356 g/mol. The Kier molecular flexibility index (Phi) is 4.31. The van der Waals surface area contributed by atoms with Gasteiger partial charge in [-0.05, 0) is 42.5 Å². The van der Waals surface area contributed by atoms with E-state index in [9.17, 15) is 8.42 Å². The number of aromatic nitrogens is 1. The summed E-state index contributed by atoms with van der Waals surface area (Å²) in [7, 11) is -3.53. The summed E-state index contributed by atoms with van der Waals surface area (Å²) < 4.78 is 27.3. The fourth-order valence-electron chi connectivity index (χ4n) is 3.63. The third-order valence-corrected chi connectivity index (χ3v) is 7.37. The van der Waals surface area contributed by atoms with Crippen LogP contribution < -0.4 is 0 Å². The molecule has 0 unspecified atom stereocenters. The van der Waals surface area contributed by atoms with Crippen LogP contribution in [-0.2, 0) is 10.0 Å². The zero-order valence-electron chi connectivity index (χ0n) is 13.7.